The number of rotatable bonds is 4. The van der Waals surface area contributed by atoms with Crippen LogP contribution in [0.1, 0.15) is 10.4 Å². The molecule has 0 spiro atoms. The first-order chi connectivity index (χ1) is 13.2. The van der Waals surface area contributed by atoms with Crippen LogP contribution in [0.2, 0.25) is 0 Å². The molecule has 1 amide bonds. The highest BCUT2D eigenvalue weighted by Crippen LogP contribution is 2.27. The van der Waals surface area contributed by atoms with E-state index in [2.05, 4.69) is 37.9 Å². The second kappa shape index (κ2) is 7.71. The van der Waals surface area contributed by atoms with Gasteiger partial charge in [0.2, 0.25) is 0 Å². The summed E-state index contributed by atoms with van der Waals surface area (Å²) in [7, 11) is 0. The molecule has 0 aliphatic rings. The average molecular weight is 466 g/mol. The van der Waals surface area contributed by atoms with Gasteiger partial charge in [0.15, 0.2) is 0 Å². The van der Waals surface area contributed by atoms with Gasteiger partial charge in [0.25, 0.3) is 5.91 Å². The summed E-state index contributed by atoms with van der Waals surface area (Å²) in [5, 5.41) is 2.96. The van der Waals surface area contributed by atoms with Gasteiger partial charge in [0.1, 0.15) is 0 Å². The summed E-state index contributed by atoms with van der Waals surface area (Å²) in [6, 6.07) is 19.0. The third-order valence-electron chi connectivity index (χ3n) is 4.10. The Morgan fingerprint density at radius 1 is 1.00 bits per heavy atom. The topological polar surface area (TPSA) is 59.8 Å². The quantitative estimate of drug-likeness (QED) is 0.440. The maximum atomic E-state index is 12.6. The normalized spacial score (nSPS) is 10.6. The molecule has 0 saturated heterocycles. The fourth-order valence-corrected chi connectivity index (χ4v) is 3.33. The second-order valence-electron chi connectivity index (χ2n) is 5.88. The molecule has 2 aromatic heterocycles. The van der Waals surface area contributed by atoms with Gasteiger partial charge in [-0.15, -0.1) is 0 Å². The number of halogens is 1. The van der Waals surface area contributed by atoms with Crippen molar-refractivity contribution in [3.8, 4) is 16.9 Å². The Balaban J connectivity index is 1.55. The van der Waals surface area contributed by atoms with E-state index in [4.69, 9.17) is 0 Å². The minimum absolute atomic E-state index is 0.152. The lowest BCUT2D eigenvalue weighted by molar-refractivity contribution is 0.102. The van der Waals surface area contributed by atoms with Crippen LogP contribution in [0.4, 0.5) is 5.69 Å². The van der Waals surface area contributed by atoms with Gasteiger partial charge in [-0.3, -0.25) is 9.78 Å². The van der Waals surface area contributed by atoms with Crippen molar-refractivity contribution in [3.05, 3.63) is 94.7 Å². The first-order valence-corrected chi connectivity index (χ1v) is 9.39. The molecule has 0 atom stereocenters. The molecule has 0 saturated carbocycles. The number of carbonyl (C=O) groups excluding carboxylic acids is 1. The van der Waals surface area contributed by atoms with Gasteiger partial charge in [0.05, 0.1) is 12.0 Å². The lowest BCUT2D eigenvalue weighted by Gasteiger charge is -2.10. The third kappa shape index (κ3) is 3.90. The molecule has 1 N–H and O–H groups in total. The van der Waals surface area contributed by atoms with Gasteiger partial charge in [-0.05, 0) is 77.2 Å². The first kappa shape index (κ1) is 17.4. The van der Waals surface area contributed by atoms with Gasteiger partial charge in [0, 0.05) is 44.7 Å². The summed E-state index contributed by atoms with van der Waals surface area (Å²) >= 11 is 2.27. The van der Waals surface area contributed by atoms with E-state index in [-0.39, 0.29) is 5.91 Å². The van der Waals surface area contributed by atoms with Crippen molar-refractivity contribution in [2.24, 2.45) is 0 Å². The maximum Gasteiger partial charge on any atom is 0.255 e. The predicted octanol–water partition coefficient (Wildman–Crippen LogP) is 4.79. The number of anilines is 1. The number of nitrogens with one attached hydrogen (secondary N) is 1. The molecule has 0 bridgehead atoms. The van der Waals surface area contributed by atoms with Crippen molar-refractivity contribution in [1.29, 1.82) is 0 Å². The predicted molar refractivity (Wildman–Crippen MR) is 114 cm³/mol. The molecule has 0 fully saturated rings. The summed E-state index contributed by atoms with van der Waals surface area (Å²) in [6.45, 7) is 0. The largest absolute Gasteiger partial charge is 0.322 e. The summed E-state index contributed by atoms with van der Waals surface area (Å²) in [5.41, 5.74) is 4.15. The molecule has 6 heteroatoms. The van der Waals surface area contributed by atoms with Gasteiger partial charge < -0.3 is 9.88 Å². The number of imidazole rings is 1. The van der Waals surface area contributed by atoms with Crippen LogP contribution in [0.5, 0.6) is 0 Å². The highest BCUT2D eigenvalue weighted by Gasteiger charge is 2.10. The zero-order chi connectivity index (χ0) is 18.6. The molecule has 0 unspecified atom stereocenters. The number of amides is 1. The van der Waals surface area contributed by atoms with Gasteiger partial charge >= 0.3 is 0 Å². The van der Waals surface area contributed by atoms with Crippen molar-refractivity contribution in [2.75, 3.05) is 5.32 Å². The summed E-state index contributed by atoms with van der Waals surface area (Å²) in [5.74, 6) is -0.152. The smallest absolute Gasteiger partial charge is 0.255 e. The lowest BCUT2D eigenvalue weighted by Crippen LogP contribution is -2.12. The number of hydrogen-bond acceptors (Lipinski definition) is 3. The van der Waals surface area contributed by atoms with Crippen molar-refractivity contribution >= 4 is 34.2 Å². The molecule has 27 heavy (non-hydrogen) atoms. The molecule has 0 radical (unpaired) electrons. The number of benzene rings is 2. The number of hydrogen-bond donors (Lipinski definition) is 1. The minimum Gasteiger partial charge on any atom is -0.322 e. The van der Waals surface area contributed by atoms with E-state index in [1.165, 1.54) is 0 Å². The van der Waals surface area contributed by atoms with Crippen molar-refractivity contribution < 1.29 is 4.79 Å². The summed E-state index contributed by atoms with van der Waals surface area (Å²) in [6.07, 6.45) is 7.06. The van der Waals surface area contributed by atoms with E-state index >= 15 is 0 Å². The van der Waals surface area contributed by atoms with Crippen molar-refractivity contribution in [2.45, 2.75) is 0 Å². The van der Waals surface area contributed by atoms with Crippen molar-refractivity contribution in [3.63, 3.8) is 0 Å². The number of nitrogens with zero attached hydrogens (tertiary/aromatic N) is 3. The van der Waals surface area contributed by atoms with Crippen LogP contribution in [0.3, 0.4) is 0 Å². The molecule has 2 heterocycles. The zero-order valence-corrected chi connectivity index (χ0v) is 16.4. The van der Waals surface area contributed by atoms with Crippen LogP contribution in [-0.4, -0.2) is 20.4 Å². The van der Waals surface area contributed by atoms with E-state index < -0.39 is 0 Å². The van der Waals surface area contributed by atoms with Gasteiger partial charge in [-0.2, -0.15) is 0 Å². The number of carbonyl (C=O) groups is 1. The van der Waals surface area contributed by atoms with Crippen LogP contribution in [-0.2, 0) is 0 Å². The Morgan fingerprint density at radius 2 is 1.85 bits per heavy atom. The Hall–Kier alpha value is -3.00. The molecule has 5 nitrogen and oxygen atoms in total. The maximum absolute atomic E-state index is 12.6. The van der Waals surface area contributed by atoms with E-state index in [1.54, 1.807) is 30.9 Å². The van der Waals surface area contributed by atoms with Crippen LogP contribution in [0.15, 0.2) is 85.6 Å². The molecule has 4 rings (SSSR count). The third-order valence-corrected chi connectivity index (χ3v) is 5.04. The molecule has 0 aliphatic carbocycles. The highest BCUT2D eigenvalue weighted by atomic mass is 127. The average Bonchev–Trinajstić information content (AvgIpc) is 3.25. The Kier molecular flexibility index (Phi) is 4.97. The minimum atomic E-state index is -0.152. The Morgan fingerprint density at radius 3 is 2.56 bits per heavy atom. The number of pyridine rings is 1. The summed E-state index contributed by atoms with van der Waals surface area (Å²) in [4.78, 5) is 21.0. The summed E-state index contributed by atoms with van der Waals surface area (Å²) < 4.78 is 2.97. The fourth-order valence-electron chi connectivity index (χ4n) is 2.72. The molecular weight excluding hydrogens is 451 g/mol. The Labute approximate surface area is 170 Å². The fraction of sp³-hybridized carbons (Fsp3) is 0. The lowest BCUT2D eigenvalue weighted by atomic mass is 10.1. The zero-order valence-electron chi connectivity index (χ0n) is 14.2. The van der Waals surface area contributed by atoms with Crippen molar-refractivity contribution in [1.82, 2.24) is 14.5 Å². The van der Waals surface area contributed by atoms with Crippen LogP contribution < -0.4 is 5.32 Å². The van der Waals surface area contributed by atoms with E-state index in [0.717, 1.165) is 26.2 Å². The monoisotopic (exact) mass is 466 g/mol. The highest BCUT2D eigenvalue weighted by molar-refractivity contribution is 14.1. The number of aromatic nitrogens is 3. The van der Waals surface area contributed by atoms with Crippen LogP contribution in [0, 0.1) is 3.57 Å². The standard InChI is InChI=1S/C21H15IN4O/c22-19-9-6-16(13-18(19)20-3-1-2-10-24-20)25-21(27)15-4-7-17(8-5-15)26-12-11-23-14-26/h1-14H,(H,25,27). The second-order valence-corrected chi connectivity index (χ2v) is 7.04. The molecule has 2 aromatic carbocycles. The van der Waals surface area contributed by atoms with Crippen LogP contribution >= 0.6 is 22.6 Å². The SMILES string of the molecule is O=C(Nc1ccc(I)c(-c2ccccn2)c1)c1ccc(-n2ccnc2)cc1. The molecule has 0 aliphatic heterocycles. The molecular formula is C21H15IN4O. The van der Waals surface area contributed by atoms with Gasteiger partial charge in [-0.25, -0.2) is 4.98 Å². The van der Waals surface area contributed by atoms with Gasteiger partial charge in [-0.1, -0.05) is 6.07 Å². The van der Waals surface area contributed by atoms with E-state index in [9.17, 15) is 4.79 Å². The van der Waals surface area contributed by atoms with E-state index in [1.807, 2.05) is 59.3 Å². The Bertz CT molecular complexity index is 1060. The van der Waals surface area contributed by atoms with E-state index in [0.29, 0.717) is 5.56 Å². The molecule has 132 valence electrons. The molecule has 4 aromatic rings. The first-order valence-electron chi connectivity index (χ1n) is 8.31. The van der Waals surface area contributed by atoms with Crippen LogP contribution in [0.25, 0.3) is 16.9 Å².